The molecule has 1 aromatic carbocycles. The first-order valence-electron chi connectivity index (χ1n) is 9.48. The number of nitrogens with one attached hydrogen (secondary N) is 2. The van der Waals surface area contributed by atoms with Crippen molar-refractivity contribution in [2.45, 2.75) is 54.5 Å². The largest absolute Gasteiger partial charge is 0.484 e. The van der Waals surface area contributed by atoms with Crippen LogP contribution in [0.2, 0.25) is 0 Å². The quantitative estimate of drug-likeness (QED) is 0.716. The SMILES string of the molecule is Cc1ccc(OCC(=O)NNC(=O)Cc2c(C)nn(CC(C)C)c2C)cc1C. The predicted octanol–water partition coefficient (Wildman–Crippen LogP) is 2.54. The van der Waals surface area contributed by atoms with E-state index in [9.17, 15) is 9.59 Å². The number of amides is 2. The fraction of sp³-hybridized carbons (Fsp3) is 0.476. The zero-order valence-corrected chi connectivity index (χ0v) is 17.5. The molecule has 0 atom stereocenters. The number of rotatable bonds is 7. The van der Waals surface area contributed by atoms with Crippen LogP contribution in [0.25, 0.3) is 0 Å². The van der Waals surface area contributed by atoms with E-state index in [1.165, 1.54) is 0 Å². The minimum Gasteiger partial charge on any atom is -0.484 e. The van der Waals surface area contributed by atoms with E-state index in [-0.39, 0.29) is 18.9 Å². The van der Waals surface area contributed by atoms with E-state index < -0.39 is 5.91 Å². The van der Waals surface area contributed by atoms with Crippen molar-refractivity contribution in [3.63, 3.8) is 0 Å². The Bertz CT molecular complexity index is 856. The first kappa shape index (κ1) is 21.5. The molecule has 0 bridgehead atoms. The molecule has 0 fully saturated rings. The zero-order chi connectivity index (χ0) is 20.8. The minimum atomic E-state index is -0.421. The van der Waals surface area contributed by atoms with Crippen LogP contribution < -0.4 is 15.6 Å². The van der Waals surface area contributed by atoms with Crippen molar-refractivity contribution in [3.05, 3.63) is 46.3 Å². The Hall–Kier alpha value is -2.83. The number of benzene rings is 1. The van der Waals surface area contributed by atoms with Crippen LogP contribution in [0.4, 0.5) is 0 Å². The van der Waals surface area contributed by atoms with Crippen LogP contribution >= 0.6 is 0 Å². The van der Waals surface area contributed by atoms with Crippen LogP contribution in [0.5, 0.6) is 5.75 Å². The first-order chi connectivity index (χ1) is 13.2. The third kappa shape index (κ3) is 5.84. The van der Waals surface area contributed by atoms with Gasteiger partial charge in [-0.05, 0) is 56.9 Å². The number of hydrogen-bond donors (Lipinski definition) is 2. The summed E-state index contributed by atoms with van der Waals surface area (Å²) in [6, 6.07) is 5.63. The van der Waals surface area contributed by atoms with Gasteiger partial charge in [-0.25, -0.2) is 0 Å². The predicted molar refractivity (Wildman–Crippen MR) is 108 cm³/mol. The van der Waals surface area contributed by atoms with Crippen molar-refractivity contribution in [2.75, 3.05) is 6.61 Å². The summed E-state index contributed by atoms with van der Waals surface area (Å²) in [5.41, 5.74) is 9.77. The second kappa shape index (κ2) is 9.39. The summed E-state index contributed by atoms with van der Waals surface area (Å²) >= 11 is 0. The average molecular weight is 386 g/mol. The molecule has 0 aliphatic rings. The molecule has 2 aromatic rings. The van der Waals surface area contributed by atoms with Gasteiger partial charge in [-0.2, -0.15) is 5.10 Å². The lowest BCUT2D eigenvalue weighted by atomic mass is 10.1. The van der Waals surface area contributed by atoms with Gasteiger partial charge >= 0.3 is 0 Å². The number of hydrogen-bond acceptors (Lipinski definition) is 4. The van der Waals surface area contributed by atoms with Gasteiger partial charge in [-0.3, -0.25) is 25.1 Å². The van der Waals surface area contributed by atoms with Crippen LogP contribution in [-0.2, 0) is 22.6 Å². The van der Waals surface area contributed by atoms with E-state index in [1.54, 1.807) is 0 Å². The molecule has 28 heavy (non-hydrogen) atoms. The molecule has 1 heterocycles. The Labute approximate surface area is 166 Å². The van der Waals surface area contributed by atoms with Crippen LogP contribution in [-0.4, -0.2) is 28.2 Å². The summed E-state index contributed by atoms with van der Waals surface area (Å²) in [7, 11) is 0. The van der Waals surface area contributed by atoms with E-state index in [0.717, 1.165) is 34.6 Å². The molecule has 7 nitrogen and oxygen atoms in total. The van der Waals surface area contributed by atoms with Crippen LogP contribution in [0.15, 0.2) is 18.2 Å². The van der Waals surface area contributed by atoms with Crippen molar-refractivity contribution >= 4 is 11.8 Å². The molecule has 7 heteroatoms. The summed E-state index contributed by atoms with van der Waals surface area (Å²) < 4.78 is 7.39. The normalized spacial score (nSPS) is 10.8. The zero-order valence-electron chi connectivity index (χ0n) is 17.5. The van der Waals surface area contributed by atoms with Crippen LogP contribution in [0.1, 0.15) is 41.9 Å². The smallest absolute Gasteiger partial charge is 0.276 e. The number of carbonyl (C=O) groups excluding carboxylic acids is 2. The second-order valence-electron chi connectivity index (χ2n) is 7.53. The van der Waals surface area contributed by atoms with Crippen LogP contribution in [0.3, 0.4) is 0 Å². The van der Waals surface area contributed by atoms with E-state index in [0.29, 0.717) is 11.7 Å². The van der Waals surface area contributed by atoms with Crippen molar-refractivity contribution in [3.8, 4) is 5.75 Å². The summed E-state index contributed by atoms with van der Waals surface area (Å²) in [5.74, 6) is 0.370. The molecule has 0 unspecified atom stereocenters. The molecule has 0 saturated heterocycles. The Kier molecular flexibility index (Phi) is 7.20. The highest BCUT2D eigenvalue weighted by molar-refractivity contribution is 5.84. The molecule has 1 aromatic heterocycles. The number of aromatic nitrogens is 2. The van der Waals surface area contributed by atoms with Gasteiger partial charge in [0.25, 0.3) is 5.91 Å². The monoisotopic (exact) mass is 386 g/mol. The van der Waals surface area contributed by atoms with Gasteiger partial charge in [-0.15, -0.1) is 0 Å². The lowest BCUT2D eigenvalue weighted by Gasteiger charge is -2.10. The maximum atomic E-state index is 12.2. The maximum absolute atomic E-state index is 12.2. The van der Waals surface area contributed by atoms with Crippen molar-refractivity contribution in [1.82, 2.24) is 20.6 Å². The van der Waals surface area contributed by atoms with Crippen molar-refractivity contribution in [1.29, 1.82) is 0 Å². The minimum absolute atomic E-state index is 0.161. The molecule has 0 aliphatic carbocycles. The van der Waals surface area contributed by atoms with Crippen molar-refractivity contribution in [2.24, 2.45) is 5.92 Å². The van der Waals surface area contributed by atoms with E-state index in [2.05, 4.69) is 29.8 Å². The van der Waals surface area contributed by atoms with E-state index in [1.807, 2.05) is 50.6 Å². The Morgan fingerprint density at radius 3 is 2.39 bits per heavy atom. The highest BCUT2D eigenvalue weighted by Gasteiger charge is 2.16. The average Bonchev–Trinajstić information content (AvgIpc) is 2.87. The van der Waals surface area contributed by atoms with Gasteiger partial charge in [0.2, 0.25) is 5.91 Å². The van der Waals surface area contributed by atoms with E-state index >= 15 is 0 Å². The number of aryl methyl sites for hydroxylation is 3. The van der Waals surface area contributed by atoms with Gasteiger partial charge in [0.1, 0.15) is 5.75 Å². The van der Waals surface area contributed by atoms with Gasteiger partial charge in [0.15, 0.2) is 6.61 Å². The Morgan fingerprint density at radius 1 is 1.07 bits per heavy atom. The van der Waals surface area contributed by atoms with Crippen LogP contribution in [0, 0.1) is 33.6 Å². The molecule has 0 aliphatic heterocycles. The molecule has 152 valence electrons. The highest BCUT2D eigenvalue weighted by atomic mass is 16.5. The second-order valence-corrected chi connectivity index (χ2v) is 7.53. The summed E-state index contributed by atoms with van der Waals surface area (Å²) in [4.78, 5) is 24.1. The molecule has 2 rings (SSSR count). The molecular formula is C21H30N4O3. The summed E-state index contributed by atoms with van der Waals surface area (Å²) in [6.45, 7) is 12.7. The van der Waals surface area contributed by atoms with Crippen molar-refractivity contribution < 1.29 is 14.3 Å². The van der Waals surface area contributed by atoms with Gasteiger partial charge in [0.05, 0.1) is 12.1 Å². The number of carbonyl (C=O) groups is 2. The fourth-order valence-corrected chi connectivity index (χ4v) is 2.85. The summed E-state index contributed by atoms with van der Waals surface area (Å²) in [5, 5.41) is 4.50. The van der Waals surface area contributed by atoms with Gasteiger partial charge < -0.3 is 4.74 Å². The third-order valence-corrected chi connectivity index (χ3v) is 4.60. The third-order valence-electron chi connectivity index (χ3n) is 4.60. The lowest BCUT2D eigenvalue weighted by Crippen LogP contribution is -2.44. The summed E-state index contributed by atoms with van der Waals surface area (Å²) in [6.07, 6.45) is 0.161. The Balaban J connectivity index is 1.82. The molecule has 0 radical (unpaired) electrons. The highest BCUT2D eigenvalue weighted by Crippen LogP contribution is 2.16. The fourth-order valence-electron chi connectivity index (χ4n) is 2.85. The van der Waals surface area contributed by atoms with E-state index in [4.69, 9.17) is 4.74 Å². The maximum Gasteiger partial charge on any atom is 0.276 e. The standard InChI is InChI=1S/C21H30N4O3/c1-13(2)11-25-17(6)19(16(5)24-25)10-20(26)22-23-21(27)12-28-18-8-7-14(3)15(4)9-18/h7-9,13H,10-12H2,1-6H3,(H,22,26)(H,23,27). The molecular weight excluding hydrogens is 356 g/mol. The lowest BCUT2D eigenvalue weighted by molar-refractivity contribution is -0.129. The molecule has 2 amide bonds. The Morgan fingerprint density at radius 2 is 1.75 bits per heavy atom. The molecule has 2 N–H and O–H groups in total. The van der Waals surface area contributed by atoms with Gasteiger partial charge in [0, 0.05) is 17.8 Å². The number of hydrazine groups is 1. The number of ether oxygens (including phenoxy) is 1. The molecule has 0 saturated carbocycles. The molecule has 0 spiro atoms. The number of nitrogens with zero attached hydrogens (tertiary/aromatic N) is 2. The topological polar surface area (TPSA) is 85.2 Å². The van der Waals surface area contributed by atoms with Gasteiger partial charge in [-0.1, -0.05) is 19.9 Å². The first-order valence-corrected chi connectivity index (χ1v) is 9.48.